The van der Waals surface area contributed by atoms with Crippen LogP contribution in [-0.2, 0) is 0 Å². The summed E-state index contributed by atoms with van der Waals surface area (Å²) in [6.45, 7) is 8.30. The Morgan fingerprint density at radius 2 is 1.90 bits per heavy atom. The van der Waals surface area contributed by atoms with Crippen LogP contribution >= 0.6 is 0 Å². The van der Waals surface area contributed by atoms with Gasteiger partial charge in [0.1, 0.15) is 0 Å². The number of nitrogens with zero attached hydrogens (tertiary/aromatic N) is 2. The number of rotatable bonds is 4. The van der Waals surface area contributed by atoms with Gasteiger partial charge in [0, 0.05) is 44.3 Å². The normalized spacial score (nSPS) is 18.1. The molecular formula is C16H25N3O. The molecular weight excluding hydrogens is 250 g/mol. The molecule has 0 bridgehead atoms. The monoisotopic (exact) mass is 275 g/mol. The predicted octanol–water partition coefficient (Wildman–Crippen LogP) is 1.49. The molecule has 2 rings (SSSR count). The average molecular weight is 275 g/mol. The van der Waals surface area contributed by atoms with E-state index < -0.39 is 0 Å². The van der Waals surface area contributed by atoms with Gasteiger partial charge in [-0.3, -0.25) is 9.69 Å². The maximum absolute atomic E-state index is 12.5. The quantitative estimate of drug-likeness (QED) is 0.906. The molecule has 0 saturated carbocycles. The third-order valence-electron chi connectivity index (χ3n) is 4.24. The lowest BCUT2D eigenvalue weighted by Crippen LogP contribution is -2.53. The van der Waals surface area contributed by atoms with E-state index in [1.165, 1.54) is 0 Å². The Kier molecular flexibility index (Phi) is 5.15. The van der Waals surface area contributed by atoms with E-state index in [0.717, 1.165) is 43.7 Å². The summed E-state index contributed by atoms with van der Waals surface area (Å²) in [4.78, 5) is 16.9. The van der Waals surface area contributed by atoms with Crippen LogP contribution in [0.25, 0.3) is 0 Å². The molecule has 20 heavy (non-hydrogen) atoms. The van der Waals surface area contributed by atoms with E-state index in [4.69, 9.17) is 5.73 Å². The molecule has 0 aromatic heterocycles. The molecule has 0 radical (unpaired) electrons. The summed E-state index contributed by atoms with van der Waals surface area (Å²) in [6.07, 6.45) is 1.07. The molecule has 110 valence electrons. The first-order valence-electron chi connectivity index (χ1n) is 7.46. The van der Waals surface area contributed by atoms with Crippen LogP contribution in [-0.4, -0.2) is 54.5 Å². The van der Waals surface area contributed by atoms with Gasteiger partial charge in [0.2, 0.25) is 0 Å². The van der Waals surface area contributed by atoms with Crippen molar-refractivity contribution >= 4 is 5.91 Å². The molecule has 1 unspecified atom stereocenters. The summed E-state index contributed by atoms with van der Waals surface area (Å²) in [7, 11) is 0. The highest BCUT2D eigenvalue weighted by Gasteiger charge is 2.25. The standard InChI is InChI=1S/C16H25N3O/c1-3-14(12-17)18-8-10-19(11-9-18)16(20)15-7-5-4-6-13(15)2/h4-7,14H,3,8-12,17H2,1-2H3. The maximum atomic E-state index is 12.5. The van der Waals surface area contributed by atoms with Crippen molar-refractivity contribution in [1.29, 1.82) is 0 Å². The van der Waals surface area contributed by atoms with Gasteiger partial charge in [-0.1, -0.05) is 25.1 Å². The van der Waals surface area contributed by atoms with Crippen LogP contribution in [0.15, 0.2) is 24.3 Å². The van der Waals surface area contributed by atoms with Gasteiger partial charge >= 0.3 is 0 Å². The zero-order valence-corrected chi connectivity index (χ0v) is 12.5. The van der Waals surface area contributed by atoms with E-state index in [9.17, 15) is 4.79 Å². The largest absolute Gasteiger partial charge is 0.336 e. The molecule has 1 atom stereocenters. The first-order valence-corrected chi connectivity index (χ1v) is 7.46. The summed E-state index contributed by atoms with van der Waals surface area (Å²) in [6, 6.07) is 8.25. The van der Waals surface area contributed by atoms with Crippen molar-refractivity contribution in [2.45, 2.75) is 26.3 Å². The van der Waals surface area contributed by atoms with Crippen LogP contribution in [0.3, 0.4) is 0 Å². The number of nitrogens with two attached hydrogens (primary N) is 1. The van der Waals surface area contributed by atoms with Crippen molar-refractivity contribution < 1.29 is 4.79 Å². The van der Waals surface area contributed by atoms with Gasteiger partial charge in [-0.05, 0) is 25.0 Å². The maximum Gasteiger partial charge on any atom is 0.254 e. The number of benzene rings is 1. The molecule has 2 N–H and O–H groups in total. The van der Waals surface area contributed by atoms with E-state index in [0.29, 0.717) is 12.6 Å². The molecule has 1 saturated heterocycles. The van der Waals surface area contributed by atoms with Crippen LogP contribution in [0, 0.1) is 6.92 Å². The fourth-order valence-electron chi connectivity index (χ4n) is 2.85. The average Bonchev–Trinajstić information content (AvgIpc) is 2.49. The SMILES string of the molecule is CCC(CN)N1CCN(C(=O)c2ccccc2C)CC1. The number of amides is 1. The second-order valence-electron chi connectivity index (χ2n) is 5.44. The highest BCUT2D eigenvalue weighted by Crippen LogP contribution is 2.14. The smallest absolute Gasteiger partial charge is 0.254 e. The molecule has 1 aliphatic rings. The van der Waals surface area contributed by atoms with Crippen molar-refractivity contribution in [2.75, 3.05) is 32.7 Å². The van der Waals surface area contributed by atoms with Crippen molar-refractivity contribution in [3.05, 3.63) is 35.4 Å². The Morgan fingerprint density at radius 1 is 1.25 bits per heavy atom. The van der Waals surface area contributed by atoms with Crippen LogP contribution in [0.5, 0.6) is 0 Å². The minimum Gasteiger partial charge on any atom is -0.336 e. The number of carbonyl (C=O) groups excluding carboxylic acids is 1. The van der Waals surface area contributed by atoms with E-state index in [1.54, 1.807) is 0 Å². The zero-order chi connectivity index (χ0) is 14.5. The predicted molar refractivity (Wildman–Crippen MR) is 81.8 cm³/mol. The highest BCUT2D eigenvalue weighted by molar-refractivity contribution is 5.95. The lowest BCUT2D eigenvalue weighted by atomic mass is 10.1. The summed E-state index contributed by atoms with van der Waals surface area (Å²) in [5.74, 6) is 0.156. The van der Waals surface area contributed by atoms with Crippen LogP contribution in [0.2, 0.25) is 0 Å². The Labute approximate surface area is 121 Å². The van der Waals surface area contributed by atoms with Crippen molar-refractivity contribution in [1.82, 2.24) is 9.80 Å². The third-order valence-corrected chi connectivity index (χ3v) is 4.24. The van der Waals surface area contributed by atoms with E-state index in [1.807, 2.05) is 36.1 Å². The number of aryl methyl sites for hydroxylation is 1. The van der Waals surface area contributed by atoms with Gasteiger partial charge in [0.25, 0.3) is 5.91 Å². The molecule has 4 heteroatoms. The summed E-state index contributed by atoms with van der Waals surface area (Å²) in [5, 5.41) is 0. The van der Waals surface area contributed by atoms with Gasteiger partial charge in [-0.2, -0.15) is 0 Å². The van der Waals surface area contributed by atoms with Crippen LogP contribution in [0.4, 0.5) is 0 Å². The van der Waals surface area contributed by atoms with Gasteiger partial charge in [-0.15, -0.1) is 0 Å². The zero-order valence-electron chi connectivity index (χ0n) is 12.5. The molecule has 1 fully saturated rings. The van der Waals surface area contributed by atoms with Gasteiger partial charge < -0.3 is 10.6 Å². The molecule has 1 aromatic rings. The summed E-state index contributed by atoms with van der Waals surface area (Å²) >= 11 is 0. The Bertz CT molecular complexity index is 449. The van der Waals surface area contributed by atoms with Gasteiger partial charge in [0.05, 0.1) is 0 Å². The first kappa shape index (κ1) is 15.0. The highest BCUT2D eigenvalue weighted by atomic mass is 16.2. The van der Waals surface area contributed by atoms with Crippen molar-refractivity contribution in [3.8, 4) is 0 Å². The van der Waals surface area contributed by atoms with E-state index in [2.05, 4.69) is 11.8 Å². The molecule has 1 amide bonds. The van der Waals surface area contributed by atoms with Crippen LogP contribution < -0.4 is 5.73 Å². The second-order valence-corrected chi connectivity index (χ2v) is 5.44. The molecule has 4 nitrogen and oxygen atoms in total. The molecule has 0 spiro atoms. The Balaban J connectivity index is 1.97. The van der Waals surface area contributed by atoms with Crippen molar-refractivity contribution in [2.24, 2.45) is 5.73 Å². The fraction of sp³-hybridized carbons (Fsp3) is 0.562. The topological polar surface area (TPSA) is 49.6 Å². The minimum absolute atomic E-state index is 0.156. The number of hydrogen-bond acceptors (Lipinski definition) is 3. The number of carbonyl (C=O) groups is 1. The lowest BCUT2D eigenvalue weighted by Gasteiger charge is -2.38. The second kappa shape index (κ2) is 6.86. The fourth-order valence-corrected chi connectivity index (χ4v) is 2.85. The summed E-state index contributed by atoms with van der Waals surface area (Å²) in [5.41, 5.74) is 7.67. The molecule has 1 aliphatic heterocycles. The number of hydrogen-bond donors (Lipinski definition) is 1. The Morgan fingerprint density at radius 3 is 2.45 bits per heavy atom. The molecule has 0 aliphatic carbocycles. The number of piperazine rings is 1. The van der Waals surface area contributed by atoms with E-state index >= 15 is 0 Å². The molecule has 1 heterocycles. The Hall–Kier alpha value is -1.39. The van der Waals surface area contributed by atoms with Gasteiger partial charge in [0.15, 0.2) is 0 Å². The van der Waals surface area contributed by atoms with Crippen molar-refractivity contribution in [3.63, 3.8) is 0 Å². The third kappa shape index (κ3) is 3.19. The van der Waals surface area contributed by atoms with Crippen LogP contribution in [0.1, 0.15) is 29.3 Å². The molecule has 1 aromatic carbocycles. The lowest BCUT2D eigenvalue weighted by molar-refractivity contribution is 0.0571. The summed E-state index contributed by atoms with van der Waals surface area (Å²) < 4.78 is 0. The van der Waals surface area contributed by atoms with E-state index in [-0.39, 0.29) is 5.91 Å². The minimum atomic E-state index is 0.156. The first-order chi connectivity index (χ1) is 9.67. The van der Waals surface area contributed by atoms with Gasteiger partial charge in [-0.25, -0.2) is 0 Å².